The molecule has 98 valence electrons. The number of benzene rings is 1. The van der Waals surface area contributed by atoms with Crippen molar-refractivity contribution in [1.82, 2.24) is 5.32 Å². The molecule has 2 N–H and O–H groups in total. The highest BCUT2D eigenvalue weighted by Crippen LogP contribution is 2.15. The summed E-state index contributed by atoms with van der Waals surface area (Å²) in [6.45, 7) is 1.58. The van der Waals surface area contributed by atoms with Crippen LogP contribution < -0.4 is 10.1 Å². The monoisotopic (exact) mass is 271 g/mol. The summed E-state index contributed by atoms with van der Waals surface area (Å²) in [6.07, 6.45) is 0.0975. The molecule has 1 amide bonds. The van der Waals surface area contributed by atoms with Crippen molar-refractivity contribution < 1.29 is 19.4 Å². The van der Waals surface area contributed by atoms with Crippen LogP contribution >= 0.6 is 11.6 Å². The molecule has 5 nitrogen and oxygen atoms in total. The van der Waals surface area contributed by atoms with Gasteiger partial charge in [0.2, 0.25) is 5.91 Å². The van der Waals surface area contributed by atoms with Crippen molar-refractivity contribution in [3.63, 3.8) is 0 Å². The maximum Gasteiger partial charge on any atom is 0.325 e. The maximum atomic E-state index is 11.3. The Hall–Kier alpha value is -1.75. The molecule has 0 unspecified atom stereocenters. The topological polar surface area (TPSA) is 75.6 Å². The van der Waals surface area contributed by atoms with E-state index in [0.29, 0.717) is 10.8 Å². The molecule has 0 saturated carbocycles. The van der Waals surface area contributed by atoms with Gasteiger partial charge in [0, 0.05) is 5.02 Å². The second-order valence-corrected chi connectivity index (χ2v) is 4.12. The Labute approximate surface area is 110 Å². The fourth-order valence-electron chi connectivity index (χ4n) is 1.17. The van der Waals surface area contributed by atoms with Crippen molar-refractivity contribution >= 4 is 23.5 Å². The first-order valence-electron chi connectivity index (χ1n) is 5.39. The Morgan fingerprint density at radius 2 is 2.00 bits per heavy atom. The lowest BCUT2D eigenvalue weighted by Gasteiger charge is -2.10. The van der Waals surface area contributed by atoms with Crippen molar-refractivity contribution in [2.45, 2.75) is 19.4 Å². The van der Waals surface area contributed by atoms with Gasteiger partial charge in [0.05, 0.1) is 13.0 Å². The second kappa shape index (κ2) is 6.86. The number of carboxylic acids is 1. The fraction of sp³-hybridized carbons (Fsp3) is 0.333. The average molecular weight is 272 g/mol. The summed E-state index contributed by atoms with van der Waals surface area (Å²) in [6, 6.07) is 5.86. The maximum absolute atomic E-state index is 11.3. The molecule has 18 heavy (non-hydrogen) atoms. The third-order valence-electron chi connectivity index (χ3n) is 2.16. The van der Waals surface area contributed by atoms with Crippen LogP contribution in [0.15, 0.2) is 24.3 Å². The molecule has 0 aromatic heterocycles. The average Bonchev–Trinajstić information content (AvgIpc) is 2.31. The normalized spacial score (nSPS) is 11.7. The number of aliphatic carboxylic acids is 1. The lowest BCUT2D eigenvalue weighted by Crippen LogP contribution is -2.38. The summed E-state index contributed by atoms with van der Waals surface area (Å²) in [5, 5.41) is 11.5. The van der Waals surface area contributed by atoms with E-state index in [1.165, 1.54) is 6.92 Å². The summed E-state index contributed by atoms with van der Waals surface area (Å²) >= 11 is 5.71. The van der Waals surface area contributed by atoms with E-state index in [-0.39, 0.29) is 18.9 Å². The molecule has 0 radical (unpaired) electrons. The zero-order valence-corrected chi connectivity index (χ0v) is 10.6. The van der Waals surface area contributed by atoms with Gasteiger partial charge < -0.3 is 15.2 Å². The second-order valence-electron chi connectivity index (χ2n) is 3.68. The quantitative estimate of drug-likeness (QED) is 0.826. The molecule has 0 bridgehead atoms. The van der Waals surface area contributed by atoms with E-state index >= 15 is 0 Å². The number of halogens is 1. The van der Waals surface area contributed by atoms with Gasteiger partial charge in [-0.3, -0.25) is 9.59 Å². The fourth-order valence-corrected chi connectivity index (χ4v) is 1.29. The first kappa shape index (κ1) is 14.3. The van der Waals surface area contributed by atoms with Gasteiger partial charge in [-0.25, -0.2) is 0 Å². The Balaban J connectivity index is 2.27. The Morgan fingerprint density at radius 3 is 2.56 bits per heavy atom. The number of hydrogen-bond acceptors (Lipinski definition) is 3. The van der Waals surface area contributed by atoms with Crippen LogP contribution in [0.5, 0.6) is 5.75 Å². The summed E-state index contributed by atoms with van der Waals surface area (Å²) < 4.78 is 5.31. The number of nitrogens with one attached hydrogen (secondary N) is 1. The molecule has 1 rings (SSSR count). The largest absolute Gasteiger partial charge is 0.493 e. The molecule has 0 aliphatic rings. The van der Waals surface area contributed by atoms with Gasteiger partial charge in [0.15, 0.2) is 0 Å². The van der Waals surface area contributed by atoms with Gasteiger partial charge in [0.1, 0.15) is 11.8 Å². The van der Waals surface area contributed by atoms with Gasteiger partial charge in [-0.05, 0) is 31.2 Å². The highest BCUT2D eigenvalue weighted by Gasteiger charge is 2.13. The van der Waals surface area contributed by atoms with Gasteiger partial charge >= 0.3 is 5.97 Å². The van der Waals surface area contributed by atoms with Crippen LogP contribution in [0.2, 0.25) is 5.02 Å². The van der Waals surface area contributed by atoms with Crippen molar-refractivity contribution in [3.05, 3.63) is 29.3 Å². The van der Waals surface area contributed by atoms with Crippen LogP contribution in [0.1, 0.15) is 13.3 Å². The molecule has 6 heteroatoms. The summed E-state index contributed by atoms with van der Waals surface area (Å²) in [7, 11) is 0. The standard InChI is InChI=1S/C12H14ClNO4/c1-8(12(16)17)14-11(15)6-7-18-10-4-2-9(13)3-5-10/h2-5,8H,6-7H2,1H3,(H,14,15)(H,16,17)/t8-/m0/s1. The number of amides is 1. The van der Waals surface area contributed by atoms with Gasteiger partial charge in [0.25, 0.3) is 0 Å². The van der Waals surface area contributed by atoms with Crippen molar-refractivity contribution in [1.29, 1.82) is 0 Å². The first-order chi connectivity index (χ1) is 8.49. The van der Waals surface area contributed by atoms with E-state index in [9.17, 15) is 9.59 Å². The molecule has 0 aliphatic carbocycles. The molecule has 0 spiro atoms. The van der Waals surface area contributed by atoms with Crippen LogP contribution in [0, 0.1) is 0 Å². The molecule has 1 aromatic rings. The minimum Gasteiger partial charge on any atom is -0.493 e. The lowest BCUT2D eigenvalue weighted by molar-refractivity contribution is -0.141. The minimum absolute atomic E-state index is 0.0975. The van der Waals surface area contributed by atoms with Crippen LogP contribution in [0.25, 0.3) is 0 Å². The Morgan fingerprint density at radius 1 is 1.39 bits per heavy atom. The smallest absolute Gasteiger partial charge is 0.325 e. The molecule has 1 atom stereocenters. The molecular formula is C12H14ClNO4. The van der Waals surface area contributed by atoms with E-state index in [2.05, 4.69) is 5.32 Å². The van der Waals surface area contributed by atoms with Gasteiger partial charge in [-0.15, -0.1) is 0 Å². The van der Waals surface area contributed by atoms with Crippen molar-refractivity contribution in [3.8, 4) is 5.75 Å². The van der Waals surface area contributed by atoms with Crippen LogP contribution in [-0.2, 0) is 9.59 Å². The predicted molar refractivity (Wildman–Crippen MR) is 66.8 cm³/mol. The molecule has 0 fully saturated rings. The van der Waals surface area contributed by atoms with E-state index in [1.54, 1.807) is 24.3 Å². The summed E-state index contributed by atoms with van der Waals surface area (Å²) in [5.74, 6) is -0.820. The van der Waals surface area contributed by atoms with E-state index in [0.717, 1.165) is 0 Å². The zero-order chi connectivity index (χ0) is 13.5. The number of rotatable bonds is 6. The summed E-state index contributed by atoms with van der Waals surface area (Å²) in [5.41, 5.74) is 0. The molecule has 1 aromatic carbocycles. The predicted octanol–water partition coefficient (Wildman–Crippen LogP) is 1.70. The zero-order valence-electron chi connectivity index (χ0n) is 9.85. The summed E-state index contributed by atoms with van der Waals surface area (Å²) in [4.78, 5) is 21.8. The van der Waals surface area contributed by atoms with E-state index in [4.69, 9.17) is 21.4 Å². The minimum atomic E-state index is -1.07. The lowest BCUT2D eigenvalue weighted by atomic mass is 10.3. The number of carboxylic acid groups (broad SMARTS) is 1. The highest BCUT2D eigenvalue weighted by atomic mass is 35.5. The number of hydrogen-bond donors (Lipinski definition) is 2. The molecule has 0 heterocycles. The number of carbonyl (C=O) groups excluding carboxylic acids is 1. The third-order valence-corrected chi connectivity index (χ3v) is 2.41. The Kier molecular flexibility index (Phi) is 5.45. The van der Waals surface area contributed by atoms with E-state index < -0.39 is 12.0 Å². The Bertz CT molecular complexity index is 419. The number of carbonyl (C=O) groups is 2. The third kappa shape index (κ3) is 5.05. The highest BCUT2D eigenvalue weighted by molar-refractivity contribution is 6.30. The van der Waals surface area contributed by atoms with Gasteiger partial charge in [-0.1, -0.05) is 11.6 Å². The van der Waals surface area contributed by atoms with Gasteiger partial charge in [-0.2, -0.15) is 0 Å². The molecular weight excluding hydrogens is 258 g/mol. The van der Waals surface area contributed by atoms with Crippen molar-refractivity contribution in [2.24, 2.45) is 0 Å². The number of ether oxygens (including phenoxy) is 1. The van der Waals surface area contributed by atoms with Crippen LogP contribution in [0.3, 0.4) is 0 Å². The SMILES string of the molecule is C[C@H](NC(=O)CCOc1ccc(Cl)cc1)C(=O)O. The van der Waals surface area contributed by atoms with Crippen LogP contribution in [-0.4, -0.2) is 29.6 Å². The first-order valence-corrected chi connectivity index (χ1v) is 5.77. The van der Waals surface area contributed by atoms with Crippen molar-refractivity contribution in [2.75, 3.05) is 6.61 Å². The molecule has 0 aliphatic heterocycles. The van der Waals surface area contributed by atoms with Crippen LogP contribution in [0.4, 0.5) is 0 Å². The van der Waals surface area contributed by atoms with E-state index in [1.807, 2.05) is 0 Å². The molecule has 0 saturated heterocycles.